The molecule has 0 aromatic heterocycles. The summed E-state index contributed by atoms with van der Waals surface area (Å²) < 4.78 is 13.3. The van der Waals surface area contributed by atoms with Gasteiger partial charge in [0.15, 0.2) is 0 Å². The van der Waals surface area contributed by atoms with E-state index in [1.54, 1.807) is 6.07 Å². The number of unbranched alkanes of at least 4 members (excludes halogenated alkanes) is 2. The van der Waals surface area contributed by atoms with E-state index in [-0.39, 0.29) is 5.82 Å². The van der Waals surface area contributed by atoms with E-state index in [1.807, 2.05) is 12.1 Å². The summed E-state index contributed by atoms with van der Waals surface area (Å²) in [5, 5.41) is 3.36. The van der Waals surface area contributed by atoms with Crippen molar-refractivity contribution in [3.63, 3.8) is 0 Å². The molecule has 1 atom stereocenters. The fourth-order valence-electron chi connectivity index (χ4n) is 1.73. The second-order valence-electron chi connectivity index (χ2n) is 4.37. The number of hydrogen-bond donors (Lipinski definition) is 1. The van der Waals surface area contributed by atoms with Crippen LogP contribution in [0.1, 0.15) is 45.1 Å². The van der Waals surface area contributed by atoms with Crippen molar-refractivity contribution in [2.75, 3.05) is 0 Å². The quantitative estimate of drug-likeness (QED) is 0.692. The molecule has 0 saturated heterocycles. The third-order valence-corrected chi connectivity index (χ3v) is 2.84. The lowest BCUT2D eigenvalue weighted by atomic mass is 10.1. The van der Waals surface area contributed by atoms with Crippen molar-refractivity contribution in [1.29, 1.82) is 0 Å². The van der Waals surface area contributed by atoms with E-state index < -0.39 is 0 Å². The Bertz CT molecular complexity index is 299. The first-order chi connectivity index (χ1) is 7.74. The molecule has 0 spiro atoms. The van der Waals surface area contributed by atoms with Gasteiger partial charge in [0, 0.05) is 18.2 Å². The number of halogens is 1. The van der Waals surface area contributed by atoms with Gasteiger partial charge < -0.3 is 5.32 Å². The van der Waals surface area contributed by atoms with Gasteiger partial charge in [-0.25, -0.2) is 4.39 Å². The molecule has 1 aromatic rings. The van der Waals surface area contributed by atoms with Crippen LogP contribution in [-0.2, 0) is 6.54 Å². The Hall–Kier alpha value is -0.890. The molecule has 1 nitrogen and oxygen atoms in total. The van der Waals surface area contributed by atoms with Crippen LogP contribution in [0.4, 0.5) is 4.39 Å². The molecule has 0 bridgehead atoms. The van der Waals surface area contributed by atoms with Crippen LogP contribution in [0.15, 0.2) is 24.3 Å². The van der Waals surface area contributed by atoms with Crippen molar-refractivity contribution in [3.05, 3.63) is 35.6 Å². The summed E-state index contributed by atoms with van der Waals surface area (Å²) in [4.78, 5) is 0. The summed E-state index contributed by atoms with van der Waals surface area (Å²) in [5.74, 6) is -0.115. The van der Waals surface area contributed by atoms with Crippen LogP contribution in [0.25, 0.3) is 0 Å². The second-order valence-corrected chi connectivity index (χ2v) is 4.37. The molecule has 0 aliphatic carbocycles. The Morgan fingerprint density at radius 2 is 2.00 bits per heavy atom. The van der Waals surface area contributed by atoms with Crippen molar-refractivity contribution in [1.82, 2.24) is 5.32 Å². The number of rotatable bonds is 7. The topological polar surface area (TPSA) is 12.0 Å². The van der Waals surface area contributed by atoms with Crippen LogP contribution in [0.5, 0.6) is 0 Å². The second kappa shape index (κ2) is 7.39. The Kier molecular flexibility index (Phi) is 6.09. The Balaban J connectivity index is 2.26. The van der Waals surface area contributed by atoms with Gasteiger partial charge in [-0.2, -0.15) is 0 Å². The highest BCUT2D eigenvalue weighted by Crippen LogP contribution is 2.07. The molecule has 1 rings (SSSR count). The predicted molar refractivity (Wildman–Crippen MR) is 66.8 cm³/mol. The van der Waals surface area contributed by atoms with Crippen LogP contribution < -0.4 is 5.32 Å². The van der Waals surface area contributed by atoms with Gasteiger partial charge in [0.2, 0.25) is 0 Å². The van der Waals surface area contributed by atoms with Crippen LogP contribution in [-0.4, -0.2) is 6.04 Å². The summed E-state index contributed by atoms with van der Waals surface area (Å²) in [6.07, 6.45) is 4.95. The maximum atomic E-state index is 13.3. The first-order valence-corrected chi connectivity index (χ1v) is 6.20. The molecule has 16 heavy (non-hydrogen) atoms. The summed E-state index contributed by atoms with van der Waals surface area (Å²) in [6.45, 7) is 4.99. The third-order valence-electron chi connectivity index (χ3n) is 2.84. The normalized spacial score (nSPS) is 12.7. The molecule has 0 fully saturated rings. The number of hydrogen-bond acceptors (Lipinski definition) is 1. The van der Waals surface area contributed by atoms with Gasteiger partial charge >= 0.3 is 0 Å². The van der Waals surface area contributed by atoms with E-state index in [9.17, 15) is 4.39 Å². The summed E-state index contributed by atoms with van der Waals surface area (Å²) in [7, 11) is 0. The lowest BCUT2D eigenvalue weighted by molar-refractivity contribution is 0.479. The van der Waals surface area contributed by atoms with Crippen LogP contribution in [0.3, 0.4) is 0 Å². The van der Waals surface area contributed by atoms with E-state index in [1.165, 1.54) is 31.7 Å². The Morgan fingerprint density at radius 1 is 1.25 bits per heavy atom. The van der Waals surface area contributed by atoms with Gasteiger partial charge in [-0.05, 0) is 19.4 Å². The average Bonchev–Trinajstić information content (AvgIpc) is 2.28. The molecular weight excluding hydrogens is 201 g/mol. The summed E-state index contributed by atoms with van der Waals surface area (Å²) >= 11 is 0. The highest BCUT2D eigenvalue weighted by atomic mass is 19.1. The largest absolute Gasteiger partial charge is 0.310 e. The molecule has 0 amide bonds. The molecule has 1 aromatic carbocycles. The minimum atomic E-state index is -0.115. The van der Waals surface area contributed by atoms with Crippen LogP contribution >= 0.6 is 0 Å². The lowest BCUT2D eigenvalue weighted by Gasteiger charge is -2.13. The van der Waals surface area contributed by atoms with Gasteiger partial charge in [0.25, 0.3) is 0 Å². The van der Waals surface area contributed by atoms with Crippen molar-refractivity contribution < 1.29 is 4.39 Å². The molecule has 0 aliphatic rings. The predicted octanol–water partition coefficient (Wildman–Crippen LogP) is 3.88. The first kappa shape index (κ1) is 13.2. The van der Waals surface area contributed by atoms with Gasteiger partial charge in [0.1, 0.15) is 5.82 Å². The van der Waals surface area contributed by atoms with E-state index in [4.69, 9.17) is 0 Å². The SMILES string of the molecule is CCCCCC(C)NCc1ccccc1F. The van der Waals surface area contributed by atoms with Gasteiger partial charge in [-0.3, -0.25) is 0 Å². The zero-order chi connectivity index (χ0) is 11.8. The van der Waals surface area contributed by atoms with E-state index in [0.717, 1.165) is 5.56 Å². The highest BCUT2D eigenvalue weighted by molar-refractivity contribution is 5.16. The van der Waals surface area contributed by atoms with E-state index in [2.05, 4.69) is 19.2 Å². The molecule has 1 N–H and O–H groups in total. The minimum Gasteiger partial charge on any atom is -0.310 e. The first-order valence-electron chi connectivity index (χ1n) is 6.20. The summed E-state index contributed by atoms with van der Waals surface area (Å²) in [6, 6.07) is 7.41. The van der Waals surface area contributed by atoms with Crippen LogP contribution in [0.2, 0.25) is 0 Å². The van der Waals surface area contributed by atoms with Crippen molar-refractivity contribution in [2.45, 2.75) is 52.1 Å². The maximum Gasteiger partial charge on any atom is 0.127 e. The van der Waals surface area contributed by atoms with E-state index in [0.29, 0.717) is 12.6 Å². The highest BCUT2D eigenvalue weighted by Gasteiger charge is 2.03. The minimum absolute atomic E-state index is 0.115. The number of nitrogens with one attached hydrogen (secondary N) is 1. The van der Waals surface area contributed by atoms with E-state index >= 15 is 0 Å². The fourth-order valence-corrected chi connectivity index (χ4v) is 1.73. The molecule has 0 heterocycles. The molecule has 0 aliphatic heterocycles. The number of benzene rings is 1. The van der Waals surface area contributed by atoms with Gasteiger partial charge in [-0.15, -0.1) is 0 Å². The van der Waals surface area contributed by atoms with Crippen molar-refractivity contribution in [2.24, 2.45) is 0 Å². The van der Waals surface area contributed by atoms with Gasteiger partial charge in [0.05, 0.1) is 0 Å². The monoisotopic (exact) mass is 223 g/mol. The fraction of sp³-hybridized carbons (Fsp3) is 0.571. The molecule has 1 unspecified atom stereocenters. The standard InChI is InChI=1S/C14H22FN/c1-3-4-5-8-12(2)16-11-13-9-6-7-10-14(13)15/h6-7,9-10,12,16H,3-5,8,11H2,1-2H3. The average molecular weight is 223 g/mol. The zero-order valence-electron chi connectivity index (χ0n) is 10.3. The smallest absolute Gasteiger partial charge is 0.127 e. The molecule has 90 valence electrons. The van der Waals surface area contributed by atoms with Gasteiger partial charge in [-0.1, -0.05) is 44.4 Å². The van der Waals surface area contributed by atoms with Crippen LogP contribution in [0, 0.1) is 5.82 Å². The molecular formula is C14H22FN. The molecule has 0 radical (unpaired) electrons. The van der Waals surface area contributed by atoms with Crippen molar-refractivity contribution in [3.8, 4) is 0 Å². The molecule has 2 heteroatoms. The zero-order valence-corrected chi connectivity index (χ0v) is 10.3. The lowest BCUT2D eigenvalue weighted by Crippen LogP contribution is -2.25. The maximum absolute atomic E-state index is 13.3. The Labute approximate surface area is 98.1 Å². The summed E-state index contributed by atoms with van der Waals surface area (Å²) in [5.41, 5.74) is 0.754. The molecule has 0 saturated carbocycles. The van der Waals surface area contributed by atoms with Crippen molar-refractivity contribution >= 4 is 0 Å². The Morgan fingerprint density at radius 3 is 2.69 bits per heavy atom. The third kappa shape index (κ3) is 4.75.